The van der Waals surface area contributed by atoms with Crippen LogP contribution in [0.15, 0.2) is 66.3 Å². The molecule has 0 amide bonds. The van der Waals surface area contributed by atoms with Gasteiger partial charge in [-0.3, -0.25) is 9.55 Å². The molecule has 0 aliphatic carbocycles. The van der Waals surface area contributed by atoms with Gasteiger partial charge in [-0.1, -0.05) is 18.2 Å². The van der Waals surface area contributed by atoms with Gasteiger partial charge in [-0.15, -0.1) is 11.3 Å². The number of hydrogen-bond donors (Lipinski definition) is 2. The first-order valence-electron chi connectivity index (χ1n) is 9.93. The third kappa shape index (κ3) is 3.28. The Labute approximate surface area is 189 Å². The lowest BCUT2D eigenvalue weighted by Gasteiger charge is -2.28. The summed E-state index contributed by atoms with van der Waals surface area (Å²) in [6.45, 7) is 4.18. The van der Waals surface area contributed by atoms with Crippen molar-refractivity contribution in [2.24, 2.45) is 0 Å². The van der Waals surface area contributed by atoms with Crippen LogP contribution in [0.2, 0.25) is 0 Å². The number of nitrogens with one attached hydrogen (secondary N) is 1. The number of hydrogen-bond acceptors (Lipinski definition) is 5. The quantitative estimate of drug-likeness (QED) is 0.437. The normalized spacial score (nSPS) is 18.4. The Morgan fingerprint density at radius 2 is 1.87 bits per heavy atom. The Balaban J connectivity index is 1.70. The van der Waals surface area contributed by atoms with Crippen LogP contribution in [0.5, 0.6) is 5.75 Å². The minimum absolute atomic E-state index is 0.168. The molecule has 2 atom stereocenters. The number of anilines is 1. The summed E-state index contributed by atoms with van der Waals surface area (Å²) < 4.78 is 2.17. The van der Waals surface area contributed by atoms with Gasteiger partial charge in [-0.25, -0.2) is 4.98 Å². The number of benzene rings is 1. The van der Waals surface area contributed by atoms with Crippen molar-refractivity contribution < 1.29 is 5.11 Å². The molecule has 31 heavy (non-hydrogen) atoms. The highest BCUT2D eigenvalue weighted by Gasteiger charge is 2.43. The number of aromatic nitrogens is 3. The van der Waals surface area contributed by atoms with Gasteiger partial charge in [0.05, 0.1) is 23.5 Å². The van der Waals surface area contributed by atoms with Crippen LogP contribution in [0.1, 0.15) is 34.7 Å². The second-order valence-electron chi connectivity index (χ2n) is 7.46. The summed E-state index contributed by atoms with van der Waals surface area (Å²) in [5.74, 6) is 0.187. The van der Waals surface area contributed by atoms with Crippen LogP contribution < -0.4 is 10.2 Å². The molecule has 0 radical (unpaired) electrons. The molecule has 8 heteroatoms. The summed E-state index contributed by atoms with van der Waals surface area (Å²) in [5.41, 5.74) is 4.86. The van der Waals surface area contributed by atoms with Crippen LogP contribution >= 0.6 is 23.6 Å². The highest BCUT2D eigenvalue weighted by molar-refractivity contribution is 7.80. The van der Waals surface area contributed by atoms with Gasteiger partial charge in [0.1, 0.15) is 5.75 Å². The number of rotatable bonds is 4. The monoisotopic (exact) mass is 447 g/mol. The number of phenolic OH excluding ortho intramolecular Hbond substituents is 1. The molecule has 1 saturated heterocycles. The zero-order chi connectivity index (χ0) is 21.5. The first-order chi connectivity index (χ1) is 15.1. The van der Waals surface area contributed by atoms with Crippen LogP contribution in [0.25, 0.3) is 5.13 Å². The number of pyridine rings is 1. The molecule has 1 fully saturated rings. The fourth-order valence-corrected chi connectivity index (χ4v) is 5.40. The number of aromatic hydroxyl groups is 1. The van der Waals surface area contributed by atoms with Crippen molar-refractivity contribution in [2.45, 2.75) is 25.9 Å². The molecule has 4 heterocycles. The Hall–Kier alpha value is -3.23. The van der Waals surface area contributed by atoms with Gasteiger partial charge in [0.2, 0.25) is 0 Å². The van der Waals surface area contributed by atoms with E-state index in [0.717, 1.165) is 27.8 Å². The molecule has 156 valence electrons. The number of thiocarbonyl (C=S) groups is 1. The van der Waals surface area contributed by atoms with Gasteiger partial charge in [0, 0.05) is 29.2 Å². The average molecular weight is 448 g/mol. The molecule has 0 bridgehead atoms. The van der Waals surface area contributed by atoms with Gasteiger partial charge in [0.15, 0.2) is 10.2 Å². The first kappa shape index (κ1) is 19.7. The summed E-state index contributed by atoms with van der Waals surface area (Å²) in [6.07, 6.45) is 3.61. The summed E-state index contributed by atoms with van der Waals surface area (Å²) in [6, 6.07) is 15.0. The van der Waals surface area contributed by atoms with Gasteiger partial charge in [-0.05, 0) is 62.0 Å². The molecular formula is C23H21N5OS2. The SMILES string of the molecule is Cc1cc([C@@H]2[C@@H](c3ccccn3)NC(=S)N2c2ccccc2O)c(C)n1-c1nccs1. The second-order valence-corrected chi connectivity index (χ2v) is 8.72. The van der Waals surface area contributed by atoms with Crippen LogP contribution in [0.4, 0.5) is 5.69 Å². The largest absolute Gasteiger partial charge is 0.506 e. The first-order valence-corrected chi connectivity index (χ1v) is 11.2. The Kier molecular flexibility index (Phi) is 4.95. The Bertz CT molecular complexity index is 1240. The van der Waals surface area contributed by atoms with Crippen molar-refractivity contribution in [2.75, 3.05) is 4.90 Å². The van der Waals surface area contributed by atoms with Crippen LogP contribution in [0.3, 0.4) is 0 Å². The maximum absolute atomic E-state index is 10.6. The van der Waals surface area contributed by atoms with E-state index in [0.29, 0.717) is 10.8 Å². The lowest BCUT2D eigenvalue weighted by atomic mass is 9.96. The molecule has 2 N–H and O–H groups in total. The summed E-state index contributed by atoms with van der Waals surface area (Å²) in [5, 5.41) is 17.5. The lowest BCUT2D eigenvalue weighted by Crippen LogP contribution is -2.29. The van der Waals surface area contributed by atoms with E-state index in [2.05, 4.69) is 39.8 Å². The van der Waals surface area contributed by atoms with Crippen molar-refractivity contribution in [3.05, 3.63) is 88.9 Å². The van der Waals surface area contributed by atoms with Crippen molar-refractivity contribution >= 4 is 34.4 Å². The van der Waals surface area contributed by atoms with Crippen LogP contribution in [0, 0.1) is 13.8 Å². The maximum atomic E-state index is 10.6. The van der Waals surface area contributed by atoms with Gasteiger partial charge >= 0.3 is 0 Å². The average Bonchev–Trinajstić information content (AvgIpc) is 3.47. The summed E-state index contributed by atoms with van der Waals surface area (Å²) in [4.78, 5) is 11.1. The van der Waals surface area contributed by atoms with Crippen molar-refractivity contribution in [1.82, 2.24) is 19.9 Å². The van der Waals surface area contributed by atoms with Crippen molar-refractivity contribution in [3.63, 3.8) is 0 Å². The molecule has 4 aromatic rings. The molecule has 1 aliphatic rings. The van der Waals surface area contributed by atoms with Gasteiger partial charge < -0.3 is 15.3 Å². The van der Waals surface area contributed by atoms with Gasteiger partial charge in [-0.2, -0.15) is 0 Å². The molecule has 1 aliphatic heterocycles. The number of phenols is 1. The van der Waals surface area contributed by atoms with E-state index in [-0.39, 0.29) is 17.8 Å². The predicted octanol–water partition coefficient (Wildman–Crippen LogP) is 4.83. The van der Waals surface area contributed by atoms with Gasteiger partial charge in [0.25, 0.3) is 0 Å². The standard InChI is InChI=1S/C23H21N5OS2/c1-14-13-16(15(2)27(14)23-25-11-12-31-23)21-20(17-7-5-6-10-24-17)26-22(30)28(21)18-8-3-4-9-19(18)29/h3-13,20-21,29H,1-2H3,(H,26,30)/t20-,21-/m1/s1. The molecule has 0 unspecified atom stereocenters. The van der Waals surface area contributed by atoms with Crippen molar-refractivity contribution in [3.8, 4) is 10.9 Å². The minimum Gasteiger partial charge on any atom is -0.506 e. The minimum atomic E-state index is -0.185. The molecule has 3 aromatic heterocycles. The van der Waals surface area contributed by atoms with Crippen LogP contribution in [-0.2, 0) is 0 Å². The van der Waals surface area contributed by atoms with E-state index in [1.165, 1.54) is 0 Å². The highest BCUT2D eigenvalue weighted by Crippen LogP contribution is 2.45. The molecule has 1 aromatic carbocycles. The zero-order valence-corrected chi connectivity index (χ0v) is 18.7. The fourth-order valence-electron chi connectivity index (χ4n) is 4.31. The van der Waals surface area contributed by atoms with E-state index < -0.39 is 0 Å². The van der Waals surface area contributed by atoms with E-state index in [4.69, 9.17) is 12.2 Å². The van der Waals surface area contributed by atoms with Crippen LogP contribution in [-0.4, -0.2) is 24.8 Å². The number of thiazole rings is 1. The Morgan fingerprint density at radius 3 is 2.58 bits per heavy atom. The topological polar surface area (TPSA) is 66.2 Å². The predicted molar refractivity (Wildman–Crippen MR) is 127 cm³/mol. The zero-order valence-electron chi connectivity index (χ0n) is 17.1. The maximum Gasteiger partial charge on any atom is 0.193 e. The molecular weight excluding hydrogens is 426 g/mol. The number of para-hydroxylation sites is 2. The highest BCUT2D eigenvalue weighted by atomic mass is 32.1. The summed E-state index contributed by atoms with van der Waals surface area (Å²) in [7, 11) is 0. The lowest BCUT2D eigenvalue weighted by molar-refractivity contribution is 0.472. The fraction of sp³-hybridized carbons (Fsp3) is 0.174. The second kappa shape index (κ2) is 7.79. The number of nitrogens with zero attached hydrogens (tertiary/aromatic N) is 4. The Morgan fingerprint density at radius 1 is 1.06 bits per heavy atom. The smallest absolute Gasteiger partial charge is 0.193 e. The molecule has 0 saturated carbocycles. The third-order valence-electron chi connectivity index (χ3n) is 5.64. The molecule has 6 nitrogen and oxygen atoms in total. The summed E-state index contributed by atoms with van der Waals surface area (Å²) >= 11 is 7.36. The van der Waals surface area contributed by atoms with E-state index in [1.54, 1.807) is 23.6 Å². The molecule has 5 rings (SSSR count). The van der Waals surface area contributed by atoms with E-state index >= 15 is 0 Å². The van der Waals surface area contributed by atoms with E-state index in [1.807, 2.05) is 52.9 Å². The van der Waals surface area contributed by atoms with E-state index in [9.17, 15) is 5.11 Å². The van der Waals surface area contributed by atoms with Crippen molar-refractivity contribution in [1.29, 1.82) is 0 Å². The number of aryl methyl sites for hydroxylation is 1. The third-order valence-corrected chi connectivity index (χ3v) is 6.71. The molecule has 0 spiro atoms.